The number of halogens is 4. The molecule has 0 bridgehead atoms. The van der Waals surface area contributed by atoms with Crippen molar-refractivity contribution in [3.05, 3.63) is 124 Å². The van der Waals surface area contributed by atoms with E-state index in [1.54, 1.807) is 12.3 Å². The van der Waals surface area contributed by atoms with Crippen molar-refractivity contribution in [3.8, 4) is 0 Å². The number of benzene rings is 3. The van der Waals surface area contributed by atoms with Crippen LogP contribution in [0.5, 0.6) is 0 Å². The number of sulfonamides is 1. The predicted octanol–water partition coefficient (Wildman–Crippen LogP) is 6.40. The predicted molar refractivity (Wildman–Crippen MR) is 152 cm³/mol. The Hall–Kier alpha value is -3.89. The minimum Gasteiger partial charge on any atom is -0.356 e. The number of aromatic nitrogens is 1. The normalized spacial score (nSPS) is 12.1. The second kappa shape index (κ2) is 13.2. The third-order valence-corrected chi connectivity index (χ3v) is 8.62. The number of amides is 1. The molecule has 0 radical (unpaired) electrons. The van der Waals surface area contributed by atoms with Crippen LogP contribution in [0.1, 0.15) is 36.2 Å². The molecule has 214 valence electrons. The van der Waals surface area contributed by atoms with Crippen molar-refractivity contribution in [2.24, 2.45) is 0 Å². The van der Waals surface area contributed by atoms with E-state index in [4.69, 9.17) is 11.6 Å². The lowest BCUT2D eigenvalue weighted by Gasteiger charge is -2.32. The number of hydrogen-bond donors (Lipinski definition) is 1. The summed E-state index contributed by atoms with van der Waals surface area (Å²) in [6, 6.07) is 15.9. The molecular formula is C30H27ClF3N3O3S. The number of carbonyl (C=O) groups is 1. The molecule has 3 aromatic carbocycles. The molecule has 1 aromatic heterocycles. The van der Waals surface area contributed by atoms with E-state index in [1.807, 2.05) is 12.1 Å². The lowest BCUT2D eigenvalue weighted by atomic mass is 9.97. The van der Waals surface area contributed by atoms with Crippen LogP contribution in [0.25, 0.3) is 0 Å². The number of anilines is 1. The van der Waals surface area contributed by atoms with Gasteiger partial charge in [0.25, 0.3) is 10.0 Å². The Morgan fingerprint density at radius 3 is 2.37 bits per heavy atom. The lowest BCUT2D eigenvalue weighted by molar-refractivity contribution is -0.121. The van der Waals surface area contributed by atoms with Gasteiger partial charge < -0.3 is 5.32 Å². The summed E-state index contributed by atoms with van der Waals surface area (Å²) in [5.41, 5.74) is 0.981. The zero-order valence-electron chi connectivity index (χ0n) is 22.0. The zero-order valence-corrected chi connectivity index (χ0v) is 23.6. The molecule has 0 unspecified atom stereocenters. The number of rotatable bonds is 11. The van der Waals surface area contributed by atoms with Crippen LogP contribution in [-0.2, 0) is 27.7 Å². The highest BCUT2D eigenvalue weighted by Crippen LogP contribution is 2.37. The standard InChI is InChI=1S/C30H27ClF3N3O3S/c1-20(37(29-19-24(33)9-13-28(29)34)41(39,40)26-10-6-22(31)7-11-26)27-12-8-23(32)18-21(27)5-14-30(38)36-17-15-25-4-2-3-16-35-25/h2-4,6-13,16,18-20H,5,14-15,17H2,1H3,(H,36,38)/t20-/m1/s1. The van der Waals surface area contributed by atoms with E-state index in [0.717, 1.165) is 34.3 Å². The highest BCUT2D eigenvalue weighted by molar-refractivity contribution is 7.92. The number of pyridine rings is 1. The molecule has 0 aliphatic rings. The van der Waals surface area contributed by atoms with Crippen LogP contribution in [0, 0.1) is 17.5 Å². The molecule has 4 aromatic rings. The van der Waals surface area contributed by atoms with Gasteiger partial charge in [-0.05, 0) is 85.1 Å². The summed E-state index contributed by atoms with van der Waals surface area (Å²) in [6.45, 7) is 1.84. The topological polar surface area (TPSA) is 79.4 Å². The molecule has 0 fully saturated rings. The molecule has 0 saturated heterocycles. The van der Waals surface area contributed by atoms with Crippen LogP contribution < -0.4 is 9.62 Å². The van der Waals surface area contributed by atoms with Crippen LogP contribution in [0.4, 0.5) is 18.9 Å². The molecule has 1 heterocycles. The quantitative estimate of drug-likeness (QED) is 0.216. The minimum absolute atomic E-state index is 0.0103. The average Bonchev–Trinajstić information content (AvgIpc) is 2.94. The summed E-state index contributed by atoms with van der Waals surface area (Å²) in [5, 5.41) is 3.09. The molecule has 6 nitrogen and oxygen atoms in total. The van der Waals surface area contributed by atoms with Gasteiger partial charge in [0, 0.05) is 42.4 Å². The Balaban J connectivity index is 1.63. The van der Waals surface area contributed by atoms with Gasteiger partial charge in [-0.1, -0.05) is 23.7 Å². The molecule has 0 saturated carbocycles. The van der Waals surface area contributed by atoms with Crippen LogP contribution in [-0.4, -0.2) is 25.9 Å². The Bertz CT molecular complexity index is 1620. The molecule has 0 aliphatic carbocycles. The van der Waals surface area contributed by atoms with Gasteiger partial charge >= 0.3 is 0 Å². The second-order valence-corrected chi connectivity index (χ2v) is 11.5. The van der Waals surface area contributed by atoms with Crippen molar-refractivity contribution in [1.29, 1.82) is 0 Å². The van der Waals surface area contributed by atoms with E-state index in [1.165, 1.54) is 43.3 Å². The Morgan fingerprint density at radius 1 is 0.951 bits per heavy atom. The van der Waals surface area contributed by atoms with Crippen molar-refractivity contribution >= 4 is 33.2 Å². The molecule has 11 heteroatoms. The van der Waals surface area contributed by atoms with Crippen molar-refractivity contribution in [2.75, 3.05) is 10.8 Å². The largest absolute Gasteiger partial charge is 0.356 e. The monoisotopic (exact) mass is 601 g/mol. The Kier molecular flexibility index (Phi) is 9.67. The summed E-state index contributed by atoms with van der Waals surface area (Å²) in [6.07, 6.45) is 2.26. The van der Waals surface area contributed by atoms with Gasteiger partial charge in [-0.2, -0.15) is 0 Å². The van der Waals surface area contributed by atoms with Crippen LogP contribution >= 0.6 is 11.6 Å². The first-order chi connectivity index (χ1) is 19.6. The third-order valence-electron chi connectivity index (χ3n) is 6.47. The lowest BCUT2D eigenvalue weighted by Crippen LogP contribution is -2.35. The third kappa shape index (κ3) is 7.45. The maximum Gasteiger partial charge on any atom is 0.264 e. The second-order valence-electron chi connectivity index (χ2n) is 9.29. The van der Waals surface area contributed by atoms with Gasteiger partial charge in [0.15, 0.2) is 0 Å². The smallest absolute Gasteiger partial charge is 0.264 e. The number of nitrogens with one attached hydrogen (secondary N) is 1. The average molecular weight is 602 g/mol. The highest BCUT2D eigenvalue weighted by atomic mass is 35.5. The zero-order chi connectivity index (χ0) is 29.6. The van der Waals surface area contributed by atoms with E-state index < -0.39 is 39.2 Å². The van der Waals surface area contributed by atoms with Gasteiger partial charge in [0.1, 0.15) is 17.5 Å². The Labute approximate surface area is 241 Å². The first-order valence-electron chi connectivity index (χ1n) is 12.8. The number of nitrogens with zero attached hydrogens (tertiary/aromatic N) is 2. The van der Waals surface area contributed by atoms with Crippen LogP contribution in [0.2, 0.25) is 5.02 Å². The van der Waals surface area contributed by atoms with Gasteiger partial charge in [0.2, 0.25) is 5.91 Å². The van der Waals surface area contributed by atoms with E-state index >= 15 is 4.39 Å². The fourth-order valence-corrected chi connectivity index (χ4v) is 6.22. The van der Waals surface area contributed by atoms with Gasteiger partial charge in [0.05, 0.1) is 16.6 Å². The Morgan fingerprint density at radius 2 is 1.66 bits per heavy atom. The summed E-state index contributed by atoms with van der Waals surface area (Å²) in [4.78, 5) is 16.6. The van der Waals surface area contributed by atoms with E-state index in [9.17, 15) is 22.0 Å². The van der Waals surface area contributed by atoms with Gasteiger partial charge in [-0.15, -0.1) is 0 Å². The summed E-state index contributed by atoms with van der Waals surface area (Å²) >= 11 is 5.93. The fraction of sp³-hybridized carbons (Fsp3) is 0.200. The SMILES string of the molecule is C[C@H](c1ccc(F)cc1CCC(=O)NCCc1ccccn1)N(c1cc(F)ccc1F)S(=O)(=O)c1ccc(Cl)cc1. The first-order valence-corrected chi connectivity index (χ1v) is 14.6. The molecule has 0 spiro atoms. The van der Waals surface area contributed by atoms with E-state index in [0.29, 0.717) is 29.1 Å². The van der Waals surface area contributed by atoms with Gasteiger partial charge in [-0.25, -0.2) is 21.6 Å². The maximum atomic E-state index is 15.1. The van der Waals surface area contributed by atoms with E-state index in [2.05, 4.69) is 10.3 Å². The molecule has 1 amide bonds. The van der Waals surface area contributed by atoms with Crippen molar-refractivity contribution < 1.29 is 26.4 Å². The highest BCUT2D eigenvalue weighted by Gasteiger charge is 2.33. The molecule has 4 rings (SSSR count). The van der Waals surface area contributed by atoms with Crippen molar-refractivity contribution in [3.63, 3.8) is 0 Å². The van der Waals surface area contributed by atoms with Gasteiger partial charge in [-0.3, -0.25) is 14.1 Å². The first kappa shape index (κ1) is 30.1. The molecule has 1 N–H and O–H groups in total. The van der Waals surface area contributed by atoms with Crippen molar-refractivity contribution in [1.82, 2.24) is 10.3 Å². The maximum absolute atomic E-state index is 15.1. The molecule has 0 aliphatic heterocycles. The molecular weight excluding hydrogens is 575 g/mol. The summed E-state index contributed by atoms with van der Waals surface area (Å²) in [7, 11) is -4.46. The van der Waals surface area contributed by atoms with Crippen LogP contribution in [0.3, 0.4) is 0 Å². The summed E-state index contributed by atoms with van der Waals surface area (Å²) < 4.78 is 72.1. The number of aryl methyl sites for hydroxylation is 1. The van der Waals surface area contributed by atoms with E-state index in [-0.39, 0.29) is 23.6 Å². The fourth-order valence-electron chi connectivity index (χ4n) is 4.46. The van der Waals surface area contributed by atoms with Crippen LogP contribution in [0.15, 0.2) is 90.0 Å². The molecule has 1 atom stereocenters. The minimum atomic E-state index is -4.46. The number of hydrogen-bond acceptors (Lipinski definition) is 4. The summed E-state index contributed by atoms with van der Waals surface area (Å²) in [5.74, 6) is -2.68. The number of carbonyl (C=O) groups excluding carboxylic acids is 1. The molecule has 41 heavy (non-hydrogen) atoms. The van der Waals surface area contributed by atoms with Crippen molar-refractivity contribution in [2.45, 2.75) is 37.1 Å².